The topological polar surface area (TPSA) is 26.3 Å². The zero-order valence-corrected chi connectivity index (χ0v) is 10.9. The molecule has 0 bridgehead atoms. The van der Waals surface area contributed by atoms with Crippen molar-refractivity contribution in [2.24, 2.45) is 0 Å². The van der Waals surface area contributed by atoms with Gasteiger partial charge in [0.15, 0.2) is 5.41 Å². The van der Waals surface area contributed by atoms with Gasteiger partial charge in [0.2, 0.25) is 9.76 Å². The molecule has 0 aliphatic carbocycles. The van der Waals surface area contributed by atoms with Crippen LogP contribution < -0.4 is 0 Å². The summed E-state index contributed by atoms with van der Waals surface area (Å²) in [7, 11) is -0.998. The SMILES string of the molecule is C=C(C)C(=O)[SiH2]OC(C)C.CCC. The predicted molar refractivity (Wildman–Crippen MR) is 60.6 cm³/mol. The third kappa shape index (κ3) is 14.4. The van der Waals surface area contributed by atoms with E-state index in [0.717, 1.165) is 0 Å². The molecule has 78 valence electrons. The van der Waals surface area contributed by atoms with E-state index in [1.165, 1.54) is 6.42 Å². The minimum absolute atomic E-state index is 0.119. The zero-order valence-electron chi connectivity index (χ0n) is 9.52. The molecule has 0 N–H and O–H groups in total. The molecular formula is C10H22O2Si. The highest BCUT2D eigenvalue weighted by atomic mass is 28.2. The van der Waals surface area contributed by atoms with E-state index in [0.29, 0.717) is 5.57 Å². The highest BCUT2D eigenvalue weighted by molar-refractivity contribution is 6.72. The molecule has 0 unspecified atom stereocenters. The van der Waals surface area contributed by atoms with Crippen LogP contribution in [0.15, 0.2) is 12.2 Å². The van der Waals surface area contributed by atoms with E-state index in [1.807, 2.05) is 13.8 Å². The molecule has 0 spiro atoms. The van der Waals surface area contributed by atoms with Gasteiger partial charge in [0, 0.05) is 6.10 Å². The van der Waals surface area contributed by atoms with Gasteiger partial charge in [-0.1, -0.05) is 26.8 Å². The third-order valence-corrected chi connectivity index (χ3v) is 2.72. The molecule has 0 atom stereocenters. The molecule has 0 fully saturated rings. The zero-order chi connectivity index (χ0) is 10.9. The first kappa shape index (κ1) is 15.1. The fraction of sp³-hybridized carbons (Fsp3) is 0.700. The third-order valence-electron chi connectivity index (χ3n) is 1.02. The number of allylic oxidation sites excluding steroid dienone is 1. The number of carbonyl (C=O) groups excluding carboxylic acids is 1. The van der Waals surface area contributed by atoms with Gasteiger partial charge in [0.05, 0.1) is 0 Å². The van der Waals surface area contributed by atoms with Crippen LogP contribution in [0.4, 0.5) is 0 Å². The molecule has 0 saturated heterocycles. The lowest BCUT2D eigenvalue weighted by molar-refractivity contribution is -0.109. The Kier molecular flexibility index (Phi) is 11.2. The maximum absolute atomic E-state index is 10.9. The Labute approximate surface area is 84.3 Å². The van der Waals surface area contributed by atoms with Crippen LogP contribution in [-0.2, 0) is 9.22 Å². The molecule has 0 aromatic rings. The highest BCUT2D eigenvalue weighted by Gasteiger charge is 2.03. The van der Waals surface area contributed by atoms with E-state index >= 15 is 0 Å². The van der Waals surface area contributed by atoms with Crippen LogP contribution in [0.3, 0.4) is 0 Å². The first-order valence-corrected chi connectivity index (χ1v) is 6.04. The van der Waals surface area contributed by atoms with Gasteiger partial charge in [-0.15, -0.1) is 0 Å². The van der Waals surface area contributed by atoms with Crippen LogP contribution in [-0.4, -0.2) is 21.3 Å². The molecular weight excluding hydrogens is 180 g/mol. The van der Waals surface area contributed by atoms with E-state index in [2.05, 4.69) is 20.4 Å². The quantitative estimate of drug-likeness (QED) is 0.515. The first-order valence-electron chi connectivity index (χ1n) is 4.75. The van der Waals surface area contributed by atoms with Crippen molar-refractivity contribution in [3.63, 3.8) is 0 Å². The van der Waals surface area contributed by atoms with Crippen LogP contribution in [0.25, 0.3) is 0 Å². The summed E-state index contributed by atoms with van der Waals surface area (Å²) in [6.45, 7) is 13.4. The monoisotopic (exact) mass is 202 g/mol. The summed E-state index contributed by atoms with van der Waals surface area (Å²) in [4.78, 5) is 10.9. The van der Waals surface area contributed by atoms with Gasteiger partial charge in [-0.2, -0.15) is 0 Å². The van der Waals surface area contributed by atoms with E-state index < -0.39 is 9.76 Å². The maximum Gasteiger partial charge on any atom is 0.240 e. The van der Waals surface area contributed by atoms with Crippen molar-refractivity contribution in [3.05, 3.63) is 12.2 Å². The van der Waals surface area contributed by atoms with E-state index in [-0.39, 0.29) is 11.5 Å². The molecule has 0 rings (SSSR count). The molecule has 0 aromatic heterocycles. The van der Waals surface area contributed by atoms with Gasteiger partial charge >= 0.3 is 0 Å². The van der Waals surface area contributed by atoms with Gasteiger partial charge < -0.3 is 4.43 Å². The standard InChI is InChI=1S/C7H14O2Si.C3H8/c1-5(2)7(8)10-9-6(3)4;1-3-2/h6H,1,10H2,2-4H3;3H2,1-2H3. The van der Waals surface area contributed by atoms with E-state index in [9.17, 15) is 4.79 Å². The fourth-order valence-corrected chi connectivity index (χ4v) is 1.10. The van der Waals surface area contributed by atoms with E-state index in [4.69, 9.17) is 4.43 Å². The second-order valence-electron chi connectivity index (χ2n) is 3.27. The second-order valence-corrected chi connectivity index (χ2v) is 4.53. The maximum atomic E-state index is 10.9. The van der Waals surface area contributed by atoms with Crippen molar-refractivity contribution in [3.8, 4) is 0 Å². The molecule has 0 aliphatic heterocycles. The van der Waals surface area contributed by atoms with Gasteiger partial charge in [0.1, 0.15) is 0 Å². The Morgan fingerprint density at radius 2 is 1.85 bits per heavy atom. The minimum atomic E-state index is -0.998. The van der Waals surface area contributed by atoms with Crippen molar-refractivity contribution in [1.29, 1.82) is 0 Å². The first-order chi connectivity index (χ1) is 5.95. The Morgan fingerprint density at radius 3 is 2.08 bits per heavy atom. The molecule has 0 radical (unpaired) electrons. The predicted octanol–water partition coefficient (Wildman–Crippen LogP) is 2.01. The minimum Gasteiger partial charge on any atom is -0.412 e. The van der Waals surface area contributed by atoms with Gasteiger partial charge in [-0.3, -0.25) is 4.79 Å². The lowest BCUT2D eigenvalue weighted by atomic mass is 10.4. The molecule has 3 heteroatoms. The summed E-state index contributed by atoms with van der Waals surface area (Å²) in [6.07, 6.45) is 1.43. The number of carbonyl (C=O) groups is 1. The summed E-state index contributed by atoms with van der Waals surface area (Å²) in [5.41, 5.74) is 0.618. The summed E-state index contributed by atoms with van der Waals surface area (Å²) < 4.78 is 5.19. The Balaban J connectivity index is 0. The smallest absolute Gasteiger partial charge is 0.240 e. The van der Waals surface area contributed by atoms with Crippen LogP contribution in [0.1, 0.15) is 41.0 Å². The molecule has 0 saturated carbocycles. The van der Waals surface area contributed by atoms with Crippen molar-refractivity contribution >= 4 is 15.2 Å². The van der Waals surface area contributed by atoms with Crippen LogP contribution in [0.2, 0.25) is 0 Å². The molecule has 0 aliphatic rings. The molecule has 0 heterocycles. The Bertz CT molecular complexity index is 153. The normalized spacial score (nSPS) is 10.0. The Morgan fingerprint density at radius 1 is 1.46 bits per heavy atom. The largest absolute Gasteiger partial charge is 0.412 e. The molecule has 2 nitrogen and oxygen atoms in total. The second kappa shape index (κ2) is 9.67. The highest BCUT2D eigenvalue weighted by Crippen LogP contribution is 1.91. The van der Waals surface area contributed by atoms with Crippen molar-refractivity contribution < 1.29 is 9.22 Å². The van der Waals surface area contributed by atoms with Gasteiger partial charge in [-0.25, -0.2) is 0 Å². The molecule has 0 amide bonds. The summed E-state index contributed by atoms with van der Waals surface area (Å²) in [5.74, 6) is 0. The summed E-state index contributed by atoms with van der Waals surface area (Å²) in [5, 5.41) is 0.119. The molecule has 13 heavy (non-hydrogen) atoms. The fourth-order valence-electron chi connectivity index (χ4n) is 0.366. The lowest BCUT2D eigenvalue weighted by Crippen LogP contribution is -2.17. The number of rotatable bonds is 4. The average molecular weight is 202 g/mol. The number of hydrogen-bond acceptors (Lipinski definition) is 2. The summed E-state index contributed by atoms with van der Waals surface area (Å²) in [6, 6.07) is 0. The van der Waals surface area contributed by atoms with Gasteiger partial charge in [0.25, 0.3) is 0 Å². The lowest BCUT2D eigenvalue weighted by Gasteiger charge is -2.04. The van der Waals surface area contributed by atoms with E-state index in [1.54, 1.807) is 6.92 Å². The van der Waals surface area contributed by atoms with Crippen LogP contribution in [0.5, 0.6) is 0 Å². The van der Waals surface area contributed by atoms with Gasteiger partial charge in [-0.05, 0) is 26.3 Å². The average Bonchev–Trinajstić information content (AvgIpc) is 2.01. The van der Waals surface area contributed by atoms with Crippen LogP contribution >= 0.6 is 0 Å². The van der Waals surface area contributed by atoms with Crippen molar-refractivity contribution in [2.45, 2.75) is 47.1 Å². The summed E-state index contributed by atoms with van der Waals surface area (Å²) >= 11 is 0. The van der Waals surface area contributed by atoms with Crippen molar-refractivity contribution in [2.75, 3.05) is 0 Å². The Hall–Kier alpha value is -0.413. The number of hydrogen-bond donors (Lipinski definition) is 0. The van der Waals surface area contributed by atoms with Crippen LogP contribution in [0, 0.1) is 0 Å². The molecule has 0 aromatic carbocycles. The van der Waals surface area contributed by atoms with Crippen molar-refractivity contribution in [1.82, 2.24) is 0 Å².